The van der Waals surface area contributed by atoms with E-state index >= 15 is 0 Å². The molecule has 2 N–H and O–H groups in total. The van der Waals surface area contributed by atoms with E-state index in [1.54, 1.807) is 19.2 Å². The smallest absolute Gasteiger partial charge is 0.148 e. The van der Waals surface area contributed by atoms with Crippen molar-refractivity contribution >= 4 is 28.9 Å². The fraction of sp³-hybridized carbons (Fsp3) is 0.167. The van der Waals surface area contributed by atoms with Crippen LogP contribution in [0.1, 0.15) is 5.56 Å². The summed E-state index contributed by atoms with van der Waals surface area (Å²) in [4.78, 5) is 8.14. The Morgan fingerprint density at radius 1 is 1.22 bits per heavy atom. The van der Waals surface area contributed by atoms with Gasteiger partial charge in [0.25, 0.3) is 0 Å². The lowest BCUT2D eigenvalue weighted by molar-refractivity contribution is 0.632. The number of anilines is 3. The standard InChI is InChI=1S/C12H12ClFN4/c1-7-11(15-2)16-6-17-12(7)18-10-4-3-8(13)5-9(10)14/h3-6H,1-2H3,(H2,15,16,17,18). The van der Waals surface area contributed by atoms with E-state index in [0.29, 0.717) is 22.3 Å². The minimum atomic E-state index is -0.425. The molecule has 18 heavy (non-hydrogen) atoms. The lowest BCUT2D eigenvalue weighted by Gasteiger charge is -2.11. The molecule has 0 atom stereocenters. The Kier molecular flexibility index (Phi) is 3.62. The van der Waals surface area contributed by atoms with Gasteiger partial charge in [0.2, 0.25) is 0 Å². The zero-order chi connectivity index (χ0) is 13.1. The predicted molar refractivity (Wildman–Crippen MR) is 71.0 cm³/mol. The van der Waals surface area contributed by atoms with Crippen LogP contribution in [0.25, 0.3) is 0 Å². The molecular weight excluding hydrogens is 255 g/mol. The molecule has 1 aromatic carbocycles. The van der Waals surface area contributed by atoms with Crippen molar-refractivity contribution in [3.8, 4) is 0 Å². The maximum absolute atomic E-state index is 13.6. The van der Waals surface area contributed by atoms with Crippen molar-refractivity contribution in [2.24, 2.45) is 0 Å². The van der Waals surface area contributed by atoms with Crippen molar-refractivity contribution in [1.29, 1.82) is 0 Å². The maximum atomic E-state index is 13.6. The SMILES string of the molecule is CNc1ncnc(Nc2ccc(Cl)cc2F)c1C. The summed E-state index contributed by atoms with van der Waals surface area (Å²) in [6.07, 6.45) is 1.41. The Balaban J connectivity index is 2.34. The highest BCUT2D eigenvalue weighted by Crippen LogP contribution is 2.25. The van der Waals surface area contributed by atoms with Crippen LogP contribution in [-0.2, 0) is 0 Å². The van der Waals surface area contributed by atoms with Gasteiger partial charge in [-0.3, -0.25) is 0 Å². The molecule has 0 amide bonds. The number of halogens is 2. The summed E-state index contributed by atoms with van der Waals surface area (Å²) in [6.45, 7) is 1.85. The van der Waals surface area contributed by atoms with Gasteiger partial charge in [-0.15, -0.1) is 0 Å². The molecule has 2 aromatic rings. The topological polar surface area (TPSA) is 49.8 Å². The summed E-state index contributed by atoms with van der Waals surface area (Å²) in [7, 11) is 1.77. The highest BCUT2D eigenvalue weighted by atomic mass is 35.5. The Bertz CT molecular complexity index is 574. The van der Waals surface area contributed by atoms with E-state index in [9.17, 15) is 4.39 Å². The summed E-state index contributed by atoms with van der Waals surface area (Å²) in [6, 6.07) is 4.43. The summed E-state index contributed by atoms with van der Waals surface area (Å²) >= 11 is 5.70. The molecule has 6 heteroatoms. The van der Waals surface area contributed by atoms with Crippen LogP contribution in [0.3, 0.4) is 0 Å². The molecule has 0 fully saturated rings. The molecule has 94 valence electrons. The minimum absolute atomic E-state index is 0.322. The zero-order valence-electron chi connectivity index (χ0n) is 9.96. The van der Waals surface area contributed by atoms with E-state index in [0.717, 1.165) is 5.56 Å². The summed E-state index contributed by atoms with van der Waals surface area (Å²) in [5.41, 5.74) is 1.14. The van der Waals surface area contributed by atoms with Gasteiger partial charge < -0.3 is 10.6 Å². The third-order valence-corrected chi connectivity index (χ3v) is 2.74. The van der Waals surface area contributed by atoms with Crippen LogP contribution in [0.15, 0.2) is 24.5 Å². The summed E-state index contributed by atoms with van der Waals surface area (Å²) in [5, 5.41) is 6.21. The first-order valence-electron chi connectivity index (χ1n) is 5.33. The van der Waals surface area contributed by atoms with E-state index < -0.39 is 5.82 Å². The molecule has 4 nitrogen and oxygen atoms in total. The molecule has 0 bridgehead atoms. The van der Waals surface area contributed by atoms with Crippen molar-refractivity contribution in [3.63, 3.8) is 0 Å². The first-order valence-corrected chi connectivity index (χ1v) is 5.71. The lowest BCUT2D eigenvalue weighted by Crippen LogP contribution is -2.03. The molecule has 0 aliphatic heterocycles. The monoisotopic (exact) mass is 266 g/mol. The number of hydrogen-bond acceptors (Lipinski definition) is 4. The lowest BCUT2D eigenvalue weighted by atomic mass is 10.2. The van der Waals surface area contributed by atoms with Gasteiger partial charge in [0.1, 0.15) is 23.8 Å². The Morgan fingerprint density at radius 3 is 2.61 bits per heavy atom. The maximum Gasteiger partial charge on any atom is 0.148 e. The van der Waals surface area contributed by atoms with Gasteiger partial charge in [-0.05, 0) is 25.1 Å². The van der Waals surface area contributed by atoms with Gasteiger partial charge in [0.05, 0.1) is 5.69 Å². The molecule has 0 aliphatic rings. The second-order valence-electron chi connectivity index (χ2n) is 3.70. The van der Waals surface area contributed by atoms with Crippen LogP contribution in [-0.4, -0.2) is 17.0 Å². The van der Waals surface area contributed by atoms with Crippen LogP contribution < -0.4 is 10.6 Å². The molecule has 0 saturated carbocycles. The normalized spacial score (nSPS) is 10.2. The van der Waals surface area contributed by atoms with E-state index in [4.69, 9.17) is 11.6 Å². The summed E-state index contributed by atoms with van der Waals surface area (Å²) < 4.78 is 13.6. The Hall–Kier alpha value is -1.88. The van der Waals surface area contributed by atoms with E-state index in [-0.39, 0.29) is 0 Å². The van der Waals surface area contributed by atoms with Crippen molar-refractivity contribution < 1.29 is 4.39 Å². The fourth-order valence-electron chi connectivity index (χ4n) is 1.55. The highest BCUT2D eigenvalue weighted by Gasteiger charge is 2.08. The van der Waals surface area contributed by atoms with Gasteiger partial charge in [-0.2, -0.15) is 0 Å². The average Bonchev–Trinajstić information content (AvgIpc) is 2.35. The van der Waals surface area contributed by atoms with Crippen LogP contribution in [0, 0.1) is 12.7 Å². The van der Waals surface area contributed by atoms with E-state index in [2.05, 4.69) is 20.6 Å². The molecule has 0 unspecified atom stereocenters. The number of benzene rings is 1. The van der Waals surface area contributed by atoms with Gasteiger partial charge in [-0.1, -0.05) is 11.6 Å². The van der Waals surface area contributed by atoms with E-state index in [1.165, 1.54) is 12.4 Å². The first kappa shape index (κ1) is 12.6. The van der Waals surface area contributed by atoms with Crippen molar-refractivity contribution in [1.82, 2.24) is 9.97 Å². The third kappa shape index (κ3) is 2.51. The van der Waals surface area contributed by atoms with Gasteiger partial charge in [-0.25, -0.2) is 14.4 Å². The molecule has 1 aromatic heterocycles. The second kappa shape index (κ2) is 5.18. The number of aromatic nitrogens is 2. The molecule has 2 rings (SSSR count). The predicted octanol–water partition coefficient (Wildman–Crippen LogP) is 3.36. The van der Waals surface area contributed by atoms with Crippen LogP contribution in [0.5, 0.6) is 0 Å². The van der Waals surface area contributed by atoms with Crippen LogP contribution in [0.4, 0.5) is 21.7 Å². The van der Waals surface area contributed by atoms with Crippen molar-refractivity contribution in [3.05, 3.63) is 40.9 Å². The highest BCUT2D eigenvalue weighted by molar-refractivity contribution is 6.30. The first-order chi connectivity index (χ1) is 8.61. The Labute approximate surface area is 109 Å². The molecule has 0 radical (unpaired) electrons. The molecule has 0 spiro atoms. The largest absolute Gasteiger partial charge is 0.373 e. The van der Waals surface area contributed by atoms with Gasteiger partial charge in [0.15, 0.2) is 0 Å². The third-order valence-electron chi connectivity index (χ3n) is 2.51. The average molecular weight is 267 g/mol. The summed E-state index contributed by atoms with van der Waals surface area (Å²) in [5.74, 6) is 0.823. The molecule has 0 aliphatic carbocycles. The molecular formula is C12H12ClFN4. The number of nitrogens with one attached hydrogen (secondary N) is 2. The van der Waals surface area contributed by atoms with Crippen molar-refractivity contribution in [2.75, 3.05) is 17.7 Å². The van der Waals surface area contributed by atoms with Crippen molar-refractivity contribution in [2.45, 2.75) is 6.92 Å². The van der Waals surface area contributed by atoms with Crippen LogP contribution >= 0.6 is 11.6 Å². The second-order valence-corrected chi connectivity index (χ2v) is 4.13. The fourth-order valence-corrected chi connectivity index (χ4v) is 1.71. The van der Waals surface area contributed by atoms with Crippen LogP contribution in [0.2, 0.25) is 5.02 Å². The zero-order valence-corrected chi connectivity index (χ0v) is 10.7. The van der Waals surface area contributed by atoms with Gasteiger partial charge >= 0.3 is 0 Å². The number of hydrogen-bond donors (Lipinski definition) is 2. The number of nitrogens with zero attached hydrogens (tertiary/aromatic N) is 2. The number of rotatable bonds is 3. The Morgan fingerprint density at radius 2 is 1.94 bits per heavy atom. The molecule has 0 saturated heterocycles. The molecule has 1 heterocycles. The quantitative estimate of drug-likeness (QED) is 0.894. The van der Waals surface area contributed by atoms with Gasteiger partial charge in [0, 0.05) is 17.6 Å². The van der Waals surface area contributed by atoms with E-state index in [1.807, 2.05) is 6.92 Å². The minimum Gasteiger partial charge on any atom is -0.373 e.